The van der Waals surface area contributed by atoms with Crippen LogP contribution in [0.3, 0.4) is 0 Å². The van der Waals surface area contributed by atoms with Crippen molar-refractivity contribution in [3.05, 3.63) is 149 Å². The molecule has 0 aliphatic heterocycles. The Hall–Kier alpha value is -4.98. The highest BCUT2D eigenvalue weighted by Crippen LogP contribution is 2.53. The molecule has 276 valence electrons. The Balaban J connectivity index is 1.21. The van der Waals surface area contributed by atoms with Crippen LogP contribution in [0.25, 0.3) is 76.8 Å². The Morgan fingerprint density at radius 3 is 1.45 bits per heavy atom. The lowest BCUT2D eigenvalue weighted by Crippen LogP contribution is -2.38. The first-order valence-corrected chi connectivity index (χ1v) is 24.7. The average molecular weight is 741 g/mol. The summed E-state index contributed by atoms with van der Waals surface area (Å²) in [4.78, 5) is 0. The van der Waals surface area contributed by atoms with E-state index in [-0.39, 0.29) is 10.8 Å². The van der Waals surface area contributed by atoms with Crippen LogP contribution in [0.15, 0.2) is 121 Å². The second kappa shape index (κ2) is 11.8. The summed E-state index contributed by atoms with van der Waals surface area (Å²) in [5.41, 5.74) is 18.3. The van der Waals surface area contributed by atoms with E-state index in [9.17, 15) is 0 Å². The van der Waals surface area contributed by atoms with Gasteiger partial charge in [0, 0.05) is 10.8 Å². The van der Waals surface area contributed by atoms with Crippen LogP contribution in [0.1, 0.15) is 93.5 Å². The van der Waals surface area contributed by atoms with E-state index in [0.29, 0.717) is 5.92 Å². The van der Waals surface area contributed by atoms with Crippen LogP contribution in [0, 0.1) is 0 Å². The zero-order chi connectivity index (χ0) is 38.3. The molecule has 0 N–H and O–H groups in total. The van der Waals surface area contributed by atoms with Crippen LogP contribution in [0.5, 0.6) is 0 Å². The molecule has 11 rings (SSSR count). The minimum Gasteiger partial charge on any atom is -0.0656 e. The van der Waals surface area contributed by atoms with Gasteiger partial charge in [-0.2, -0.15) is 0 Å². The molecule has 0 heterocycles. The fourth-order valence-electron chi connectivity index (χ4n) is 11.6. The maximum Gasteiger partial charge on any atom is 0.0784 e. The summed E-state index contributed by atoms with van der Waals surface area (Å²) < 4.78 is 0. The molecule has 3 aliphatic rings. The molecule has 0 atom stereocenters. The van der Waals surface area contributed by atoms with Crippen molar-refractivity contribution in [1.29, 1.82) is 0 Å². The lowest BCUT2D eigenvalue weighted by atomic mass is 9.77. The lowest BCUT2D eigenvalue weighted by molar-refractivity contribution is 0.445. The normalized spacial score (nSPS) is 17.1. The highest BCUT2D eigenvalue weighted by Gasteiger charge is 2.37. The molecule has 0 amide bonds. The Bertz CT molecular complexity index is 2920. The monoisotopic (exact) mass is 740 g/mol. The quantitative estimate of drug-likeness (QED) is 0.124. The van der Waals surface area contributed by atoms with Gasteiger partial charge in [0.25, 0.3) is 0 Å². The topological polar surface area (TPSA) is 0 Å². The smallest absolute Gasteiger partial charge is 0.0656 e. The van der Waals surface area contributed by atoms with Crippen molar-refractivity contribution >= 4 is 45.6 Å². The van der Waals surface area contributed by atoms with E-state index in [0.717, 1.165) is 0 Å². The minimum atomic E-state index is -1.77. The van der Waals surface area contributed by atoms with Crippen LogP contribution >= 0.6 is 0 Å². The fourth-order valence-corrected chi connectivity index (χ4v) is 13.2. The molecule has 8 aromatic carbocycles. The van der Waals surface area contributed by atoms with E-state index >= 15 is 0 Å². The Morgan fingerprint density at radius 2 is 0.893 bits per heavy atom. The summed E-state index contributed by atoms with van der Waals surface area (Å²) in [6.45, 7) is 17.3. The molecule has 56 heavy (non-hydrogen) atoms. The largest absolute Gasteiger partial charge is 0.0784 e. The molecule has 1 fully saturated rings. The van der Waals surface area contributed by atoms with Gasteiger partial charge in [-0.1, -0.05) is 175 Å². The molecule has 0 saturated heterocycles. The van der Waals surface area contributed by atoms with Gasteiger partial charge >= 0.3 is 0 Å². The SMILES string of the molecule is CC1(C)c2ccccc2-c2ccc(-c3cc(C4CCCCC4)c4ccc5c([Si](C)(C)C)cc(-c6ccc7c(c6)C(C)(C)c6ccccc6-7)c6ccc3c4c65)cc21. The predicted octanol–water partition coefficient (Wildman–Crippen LogP) is 15.1. The summed E-state index contributed by atoms with van der Waals surface area (Å²) in [6.07, 6.45) is 6.59. The van der Waals surface area contributed by atoms with Crippen molar-refractivity contribution in [3.63, 3.8) is 0 Å². The van der Waals surface area contributed by atoms with E-state index in [1.54, 1.807) is 10.8 Å². The third kappa shape index (κ3) is 4.70. The van der Waals surface area contributed by atoms with Crippen molar-refractivity contribution in [1.82, 2.24) is 0 Å². The van der Waals surface area contributed by atoms with E-state index < -0.39 is 8.07 Å². The Labute approximate surface area is 334 Å². The molecule has 0 aromatic heterocycles. The van der Waals surface area contributed by atoms with Crippen LogP contribution in [0.2, 0.25) is 19.6 Å². The van der Waals surface area contributed by atoms with E-state index in [1.165, 1.54) is 131 Å². The van der Waals surface area contributed by atoms with E-state index in [1.807, 2.05) is 0 Å². The first kappa shape index (κ1) is 34.3. The van der Waals surface area contributed by atoms with Gasteiger partial charge < -0.3 is 0 Å². The predicted molar refractivity (Wildman–Crippen MR) is 245 cm³/mol. The second-order valence-electron chi connectivity index (χ2n) is 19.5. The maximum absolute atomic E-state index is 2.63. The molecule has 3 aliphatic carbocycles. The number of benzene rings is 8. The fraction of sp³-hybridized carbons (Fsp3) is 0.273. The molecule has 1 saturated carbocycles. The third-order valence-corrected chi connectivity index (χ3v) is 16.6. The standard InChI is InChI=1S/C55H52Si/c1-54(2)47-19-13-11-17-36(47)38-23-21-34(29-49(38)54)45-31-44(33-15-9-8-10-16-33)40-27-28-43-51(56(5,6)7)32-46(42-26-25-41(45)52(40)53(42)43)35-22-24-39-37-18-12-14-20-48(37)55(3,4)50(39)30-35/h11-14,17-33H,8-10,15-16H2,1-7H3. The van der Waals surface area contributed by atoms with Gasteiger partial charge in [0.1, 0.15) is 0 Å². The summed E-state index contributed by atoms with van der Waals surface area (Å²) in [5, 5.41) is 10.3. The summed E-state index contributed by atoms with van der Waals surface area (Å²) in [5.74, 6) is 0.596. The minimum absolute atomic E-state index is 0.0368. The van der Waals surface area contributed by atoms with Gasteiger partial charge in [0.15, 0.2) is 0 Å². The molecule has 0 bridgehead atoms. The number of rotatable bonds is 4. The van der Waals surface area contributed by atoms with Crippen molar-refractivity contribution in [2.45, 2.75) is 96.2 Å². The van der Waals surface area contributed by atoms with Crippen LogP contribution < -0.4 is 5.19 Å². The molecule has 0 nitrogen and oxygen atoms in total. The molecule has 8 aromatic rings. The van der Waals surface area contributed by atoms with Crippen LogP contribution in [-0.2, 0) is 10.8 Å². The van der Waals surface area contributed by atoms with Gasteiger partial charge in [0.2, 0.25) is 0 Å². The molecular formula is C55H52Si. The molecule has 0 radical (unpaired) electrons. The molecule has 1 heteroatoms. The lowest BCUT2D eigenvalue weighted by Gasteiger charge is -2.28. The van der Waals surface area contributed by atoms with Gasteiger partial charge in [0.05, 0.1) is 8.07 Å². The van der Waals surface area contributed by atoms with Crippen LogP contribution in [0.4, 0.5) is 0 Å². The molecular weight excluding hydrogens is 689 g/mol. The van der Waals surface area contributed by atoms with Crippen molar-refractivity contribution in [3.8, 4) is 44.5 Å². The third-order valence-electron chi connectivity index (χ3n) is 14.6. The highest BCUT2D eigenvalue weighted by atomic mass is 28.3. The average Bonchev–Trinajstić information content (AvgIpc) is 3.58. The first-order valence-electron chi connectivity index (χ1n) is 21.2. The van der Waals surface area contributed by atoms with Crippen molar-refractivity contribution < 1.29 is 0 Å². The zero-order valence-corrected chi connectivity index (χ0v) is 35.2. The zero-order valence-electron chi connectivity index (χ0n) is 34.2. The highest BCUT2D eigenvalue weighted by molar-refractivity contribution is 6.90. The summed E-state index contributed by atoms with van der Waals surface area (Å²) >= 11 is 0. The second-order valence-corrected chi connectivity index (χ2v) is 24.5. The Morgan fingerprint density at radius 1 is 0.429 bits per heavy atom. The van der Waals surface area contributed by atoms with Crippen molar-refractivity contribution in [2.75, 3.05) is 0 Å². The van der Waals surface area contributed by atoms with Gasteiger partial charge in [-0.15, -0.1) is 0 Å². The number of fused-ring (bicyclic) bond motifs is 6. The van der Waals surface area contributed by atoms with Gasteiger partial charge in [-0.3, -0.25) is 0 Å². The molecule has 0 spiro atoms. The maximum atomic E-state index is 2.63. The number of hydrogen-bond acceptors (Lipinski definition) is 0. The van der Waals surface area contributed by atoms with Crippen molar-refractivity contribution in [2.24, 2.45) is 0 Å². The number of hydrogen-bond donors (Lipinski definition) is 0. The van der Waals surface area contributed by atoms with Crippen LogP contribution in [-0.4, -0.2) is 8.07 Å². The van der Waals surface area contributed by atoms with E-state index in [2.05, 4.69) is 169 Å². The molecule has 0 unspecified atom stereocenters. The first-order chi connectivity index (χ1) is 26.9. The van der Waals surface area contributed by atoms with Gasteiger partial charge in [-0.25, -0.2) is 0 Å². The summed E-state index contributed by atoms with van der Waals surface area (Å²) in [6, 6.07) is 48.1. The summed E-state index contributed by atoms with van der Waals surface area (Å²) in [7, 11) is -1.77. The Kier molecular flexibility index (Phi) is 7.21. The van der Waals surface area contributed by atoms with E-state index in [4.69, 9.17) is 0 Å². The van der Waals surface area contributed by atoms with Gasteiger partial charge in [-0.05, 0) is 142 Å².